The normalized spacial score (nSPS) is 29.2. The Hall–Kier alpha value is -3.34. The van der Waals surface area contributed by atoms with E-state index in [0.717, 1.165) is 6.92 Å². The second-order valence-electron chi connectivity index (χ2n) is 7.52. The van der Waals surface area contributed by atoms with Crippen molar-refractivity contribution in [2.24, 2.45) is 10.9 Å². The van der Waals surface area contributed by atoms with Crippen molar-refractivity contribution in [1.29, 1.82) is 0 Å². The topological polar surface area (TPSA) is 186 Å². The van der Waals surface area contributed by atoms with Crippen LogP contribution in [0.5, 0.6) is 17.2 Å². The highest BCUT2D eigenvalue weighted by molar-refractivity contribution is 6.29. The first kappa shape index (κ1) is 20.0. The van der Waals surface area contributed by atoms with Gasteiger partial charge in [-0.05, 0) is 13.0 Å². The first-order chi connectivity index (χ1) is 14.1. The van der Waals surface area contributed by atoms with Gasteiger partial charge in [0.15, 0.2) is 5.60 Å². The molecule has 0 bridgehead atoms. The molecule has 2 aromatic rings. The summed E-state index contributed by atoms with van der Waals surface area (Å²) in [6.07, 6.45) is -5.22. The third-order valence-electron chi connectivity index (χ3n) is 5.80. The molecule has 4 unspecified atom stereocenters. The van der Waals surface area contributed by atoms with Crippen LogP contribution in [0.4, 0.5) is 0 Å². The molecule has 2 aromatic carbocycles. The van der Waals surface area contributed by atoms with E-state index in [2.05, 4.69) is 5.10 Å². The Morgan fingerprint density at radius 2 is 1.77 bits per heavy atom. The highest BCUT2D eigenvalue weighted by atomic mass is 16.6. The van der Waals surface area contributed by atoms with Gasteiger partial charge < -0.3 is 41.2 Å². The van der Waals surface area contributed by atoms with Crippen LogP contribution < -0.4 is 5.84 Å². The molecule has 0 radical (unpaired) electrons. The van der Waals surface area contributed by atoms with Gasteiger partial charge in [-0.25, -0.2) is 0 Å². The molecule has 2 aliphatic rings. The highest BCUT2D eigenvalue weighted by Gasteiger charge is 2.58. The zero-order valence-corrected chi connectivity index (χ0v) is 16.0. The van der Waals surface area contributed by atoms with E-state index < -0.39 is 41.4 Å². The van der Waals surface area contributed by atoms with Crippen LogP contribution in [0.25, 0.3) is 16.3 Å². The van der Waals surface area contributed by atoms with Gasteiger partial charge in [-0.15, -0.1) is 0 Å². The molecule has 0 heterocycles. The van der Waals surface area contributed by atoms with E-state index in [1.54, 1.807) is 0 Å². The van der Waals surface area contributed by atoms with Crippen molar-refractivity contribution in [3.8, 4) is 17.2 Å². The molecule has 2 aliphatic carbocycles. The largest absolute Gasteiger partial charge is 0.507 e. The molecule has 0 aliphatic heterocycles. The standard InChI is InChI=1S/C20H20N2O8/c1-6(23)30-20(2)18(28)13-11(17(27)19(20)29)10-12(14(13)22-21)16(26)9-7(15(10)25)4-3-5-8(9)24/h3-5,17-19,24-29H,21H2,1-2H3. The second kappa shape index (κ2) is 6.33. The van der Waals surface area contributed by atoms with Crippen molar-refractivity contribution in [2.45, 2.75) is 37.8 Å². The van der Waals surface area contributed by atoms with Crippen LogP contribution in [0.3, 0.4) is 0 Å². The van der Waals surface area contributed by atoms with E-state index in [9.17, 15) is 35.4 Å². The number of aliphatic hydroxyl groups excluding tert-OH is 3. The molecule has 4 rings (SSSR count). The third-order valence-corrected chi connectivity index (χ3v) is 5.80. The van der Waals surface area contributed by atoms with Gasteiger partial charge in [0, 0.05) is 29.0 Å². The number of fused-ring (bicyclic) bond motifs is 3. The predicted octanol–water partition coefficient (Wildman–Crippen LogP) is -0.195. The quantitative estimate of drug-likeness (QED) is 0.143. The molecule has 8 N–H and O–H groups in total. The number of carbonyl (C=O) groups excluding carboxylic acids is 1. The smallest absolute Gasteiger partial charge is 0.303 e. The average Bonchev–Trinajstić information content (AvgIpc) is 3.04. The molecule has 4 atom stereocenters. The molecule has 10 heteroatoms. The van der Waals surface area contributed by atoms with Gasteiger partial charge in [-0.1, -0.05) is 12.1 Å². The Morgan fingerprint density at radius 1 is 1.10 bits per heavy atom. The minimum Gasteiger partial charge on any atom is -0.507 e. The lowest BCUT2D eigenvalue weighted by molar-refractivity contribution is -0.195. The van der Waals surface area contributed by atoms with Crippen LogP contribution in [-0.2, 0) is 9.53 Å². The van der Waals surface area contributed by atoms with Crippen molar-refractivity contribution < 1.29 is 40.2 Å². The summed E-state index contributed by atoms with van der Waals surface area (Å²) in [7, 11) is 0. The summed E-state index contributed by atoms with van der Waals surface area (Å²) in [4.78, 5) is 11.6. The van der Waals surface area contributed by atoms with E-state index in [1.807, 2.05) is 0 Å². The highest BCUT2D eigenvalue weighted by Crippen LogP contribution is 2.55. The molecule has 30 heavy (non-hydrogen) atoms. The molecule has 0 saturated carbocycles. The van der Waals surface area contributed by atoms with E-state index >= 15 is 0 Å². The van der Waals surface area contributed by atoms with Crippen molar-refractivity contribution >= 4 is 28.0 Å². The number of hydrogen-bond acceptors (Lipinski definition) is 10. The number of hydrazone groups is 1. The fourth-order valence-electron chi connectivity index (χ4n) is 4.44. The monoisotopic (exact) mass is 416 g/mol. The summed E-state index contributed by atoms with van der Waals surface area (Å²) >= 11 is 0. The number of hydrogen-bond donors (Lipinski definition) is 7. The summed E-state index contributed by atoms with van der Waals surface area (Å²) in [5.41, 5.74) is -2.61. The Morgan fingerprint density at radius 3 is 2.37 bits per heavy atom. The van der Waals surface area contributed by atoms with Gasteiger partial charge in [0.2, 0.25) is 0 Å². The average molecular weight is 416 g/mol. The summed E-state index contributed by atoms with van der Waals surface area (Å²) < 4.78 is 5.14. The number of rotatable bonds is 1. The van der Waals surface area contributed by atoms with Crippen LogP contribution in [0.2, 0.25) is 0 Å². The molecular weight excluding hydrogens is 396 g/mol. The summed E-state index contributed by atoms with van der Waals surface area (Å²) in [6.45, 7) is 2.31. The number of phenolic OH excluding ortho intramolecular Hbond substituents is 3. The molecule has 0 saturated heterocycles. The molecule has 0 amide bonds. The van der Waals surface area contributed by atoms with Gasteiger partial charge in [-0.2, -0.15) is 5.10 Å². The number of phenols is 3. The van der Waals surface area contributed by atoms with Crippen LogP contribution in [0.1, 0.15) is 25.0 Å². The van der Waals surface area contributed by atoms with Gasteiger partial charge in [0.05, 0.1) is 10.9 Å². The Balaban J connectivity index is 2.09. The lowest BCUT2D eigenvalue weighted by atomic mass is 9.74. The van der Waals surface area contributed by atoms with E-state index in [4.69, 9.17) is 10.6 Å². The second-order valence-corrected chi connectivity index (χ2v) is 7.52. The lowest BCUT2D eigenvalue weighted by Gasteiger charge is -2.44. The number of benzene rings is 2. The predicted molar refractivity (Wildman–Crippen MR) is 105 cm³/mol. The summed E-state index contributed by atoms with van der Waals surface area (Å²) in [5, 5.41) is 68.2. The lowest BCUT2D eigenvalue weighted by Crippen LogP contribution is -2.61. The minimum atomic E-state index is -1.96. The number of carbonyl (C=O) groups is 1. The Labute approximate surface area is 169 Å². The Bertz CT molecular complexity index is 1170. The maximum absolute atomic E-state index is 11.6. The molecular formula is C20H20N2O8. The van der Waals surface area contributed by atoms with Gasteiger partial charge >= 0.3 is 5.97 Å². The van der Waals surface area contributed by atoms with Crippen molar-refractivity contribution in [2.75, 3.05) is 0 Å². The molecule has 10 nitrogen and oxygen atoms in total. The van der Waals surface area contributed by atoms with Gasteiger partial charge in [-0.3, -0.25) is 4.79 Å². The molecule has 158 valence electrons. The zero-order chi connectivity index (χ0) is 22.1. The van der Waals surface area contributed by atoms with Gasteiger partial charge in [0.1, 0.15) is 41.3 Å². The van der Waals surface area contributed by atoms with Crippen LogP contribution in [-0.4, -0.2) is 66.2 Å². The Kier molecular flexibility index (Phi) is 4.21. The number of aromatic hydroxyl groups is 3. The number of nitrogens with zero attached hydrogens (tertiary/aromatic N) is 1. The van der Waals surface area contributed by atoms with Crippen LogP contribution >= 0.6 is 0 Å². The maximum Gasteiger partial charge on any atom is 0.303 e. The minimum absolute atomic E-state index is 0.0703. The third kappa shape index (κ3) is 2.29. The van der Waals surface area contributed by atoms with Crippen molar-refractivity contribution in [3.05, 3.63) is 34.9 Å². The van der Waals surface area contributed by atoms with E-state index in [-0.39, 0.29) is 44.5 Å². The van der Waals surface area contributed by atoms with E-state index in [1.165, 1.54) is 25.1 Å². The summed E-state index contributed by atoms with van der Waals surface area (Å²) in [5.74, 6) is 3.48. The van der Waals surface area contributed by atoms with Crippen molar-refractivity contribution in [1.82, 2.24) is 0 Å². The SMILES string of the molecule is CC(=O)OC1(C)C(O)C2=C(c3c(c(O)c4c(O)cccc4c3O)C2=NN)C(O)C1O. The molecule has 0 fully saturated rings. The van der Waals surface area contributed by atoms with Crippen LogP contribution in [0.15, 0.2) is 28.9 Å². The number of aliphatic hydroxyl groups is 3. The fourth-order valence-corrected chi connectivity index (χ4v) is 4.44. The first-order valence-corrected chi connectivity index (χ1v) is 9.02. The fraction of sp³-hybridized carbons (Fsp3) is 0.300. The molecule has 0 spiro atoms. The number of ether oxygens (including phenoxy) is 1. The van der Waals surface area contributed by atoms with Gasteiger partial charge in [0.25, 0.3) is 0 Å². The maximum atomic E-state index is 11.6. The number of nitrogens with two attached hydrogens (primary N) is 1. The van der Waals surface area contributed by atoms with E-state index in [0.29, 0.717) is 0 Å². The van der Waals surface area contributed by atoms with Crippen LogP contribution in [0, 0.1) is 0 Å². The molecule has 0 aromatic heterocycles. The summed E-state index contributed by atoms with van der Waals surface area (Å²) in [6, 6.07) is 4.19. The van der Waals surface area contributed by atoms with Crippen molar-refractivity contribution in [3.63, 3.8) is 0 Å². The zero-order valence-electron chi connectivity index (χ0n) is 16.0. The first-order valence-electron chi connectivity index (χ1n) is 9.02. The number of esters is 1.